The summed E-state index contributed by atoms with van der Waals surface area (Å²) in [5.74, 6) is 0. The summed E-state index contributed by atoms with van der Waals surface area (Å²) in [7, 11) is 0. The fraction of sp³-hybridized carbons (Fsp3) is 0.375. The van der Waals surface area contributed by atoms with E-state index in [0.717, 1.165) is 18.7 Å². The molecule has 0 spiro atoms. The highest BCUT2D eigenvalue weighted by molar-refractivity contribution is 5.57. The molecule has 0 heterocycles. The van der Waals surface area contributed by atoms with Gasteiger partial charge in [0.25, 0.3) is 5.69 Å². The third-order valence-corrected chi connectivity index (χ3v) is 6.06. The van der Waals surface area contributed by atoms with Gasteiger partial charge in [0.2, 0.25) is 0 Å². The molecule has 0 amide bonds. The highest BCUT2D eigenvalue weighted by Gasteiger charge is 2.06. The van der Waals surface area contributed by atoms with E-state index >= 15 is 0 Å². The van der Waals surface area contributed by atoms with Crippen LogP contribution >= 0.6 is 0 Å². The normalized spacial score (nSPS) is 11.9. The zero-order valence-electron chi connectivity index (χ0n) is 22.0. The smallest absolute Gasteiger partial charge is 0.269 e. The molecular formula is C32H42N2O2. The lowest BCUT2D eigenvalue weighted by atomic mass is 10.1. The van der Waals surface area contributed by atoms with Gasteiger partial charge in [-0.05, 0) is 48.2 Å². The zero-order valence-corrected chi connectivity index (χ0v) is 22.0. The van der Waals surface area contributed by atoms with Crippen molar-refractivity contribution in [3.05, 3.63) is 106 Å². The van der Waals surface area contributed by atoms with Gasteiger partial charge in [-0.1, -0.05) is 113 Å². The lowest BCUT2D eigenvalue weighted by Gasteiger charge is -2.25. The standard InChI is InChI=1S/C32H42N2O2/c1-3-5-7-15-27-33(28-16-8-6-4-2)31-23-19-29(20-24-31)17-13-11-9-10-12-14-18-30-21-25-32(26-22-30)34(35)36/h9-14,17-26H,3-8,15-16,27-28H2,1-2H3/b11-9+,12-10+,17-13+,18-14+. The Labute approximate surface area is 217 Å². The quantitative estimate of drug-likeness (QED) is 0.0968. The molecule has 0 atom stereocenters. The minimum atomic E-state index is -0.389. The van der Waals surface area contributed by atoms with Crippen LogP contribution in [0.2, 0.25) is 0 Å². The average molecular weight is 487 g/mol. The minimum Gasteiger partial charge on any atom is -0.372 e. The number of hydrogen-bond acceptors (Lipinski definition) is 3. The Morgan fingerprint density at radius 3 is 1.53 bits per heavy atom. The number of rotatable bonds is 17. The van der Waals surface area contributed by atoms with Crippen LogP contribution in [0, 0.1) is 10.1 Å². The summed E-state index contributed by atoms with van der Waals surface area (Å²) in [5.41, 5.74) is 3.56. The van der Waals surface area contributed by atoms with Crippen molar-refractivity contribution in [1.82, 2.24) is 0 Å². The minimum absolute atomic E-state index is 0.106. The number of hydrogen-bond donors (Lipinski definition) is 0. The van der Waals surface area contributed by atoms with Gasteiger partial charge in [-0.25, -0.2) is 0 Å². The predicted molar refractivity (Wildman–Crippen MR) is 156 cm³/mol. The molecule has 0 aliphatic rings. The number of nitro groups is 1. The first kappa shape index (κ1) is 28.8. The highest BCUT2D eigenvalue weighted by atomic mass is 16.6. The third-order valence-electron chi connectivity index (χ3n) is 6.06. The molecule has 4 nitrogen and oxygen atoms in total. The van der Waals surface area contributed by atoms with E-state index in [4.69, 9.17) is 0 Å². The van der Waals surface area contributed by atoms with Crippen molar-refractivity contribution in [2.75, 3.05) is 18.0 Å². The van der Waals surface area contributed by atoms with E-state index in [9.17, 15) is 10.1 Å². The van der Waals surface area contributed by atoms with Crippen LogP contribution in [0.25, 0.3) is 12.2 Å². The predicted octanol–water partition coefficient (Wildman–Crippen LogP) is 9.40. The molecule has 0 saturated heterocycles. The van der Waals surface area contributed by atoms with E-state index in [-0.39, 0.29) is 10.6 Å². The summed E-state index contributed by atoms with van der Waals surface area (Å²) in [6.45, 7) is 6.83. The maximum Gasteiger partial charge on any atom is 0.269 e. The van der Waals surface area contributed by atoms with Gasteiger partial charge in [-0.3, -0.25) is 10.1 Å². The Morgan fingerprint density at radius 2 is 1.08 bits per heavy atom. The third kappa shape index (κ3) is 11.8. The van der Waals surface area contributed by atoms with Crippen molar-refractivity contribution >= 4 is 23.5 Å². The van der Waals surface area contributed by atoms with Gasteiger partial charge in [-0.2, -0.15) is 0 Å². The summed E-state index contributed by atoms with van der Waals surface area (Å²) in [4.78, 5) is 12.9. The van der Waals surface area contributed by atoms with E-state index in [1.54, 1.807) is 12.1 Å². The lowest BCUT2D eigenvalue weighted by molar-refractivity contribution is -0.384. The molecule has 0 fully saturated rings. The van der Waals surface area contributed by atoms with Crippen molar-refractivity contribution in [2.45, 2.75) is 65.2 Å². The average Bonchev–Trinajstić information content (AvgIpc) is 2.90. The van der Waals surface area contributed by atoms with Crippen molar-refractivity contribution in [2.24, 2.45) is 0 Å². The van der Waals surface area contributed by atoms with Gasteiger partial charge in [0, 0.05) is 30.9 Å². The molecule has 2 rings (SSSR count). The molecular weight excluding hydrogens is 444 g/mol. The highest BCUT2D eigenvalue weighted by Crippen LogP contribution is 2.19. The molecule has 0 unspecified atom stereocenters. The Morgan fingerprint density at radius 1 is 0.639 bits per heavy atom. The van der Waals surface area contributed by atoms with Gasteiger partial charge in [0.1, 0.15) is 0 Å². The molecule has 0 aliphatic heterocycles. The summed E-state index contributed by atoms with van der Waals surface area (Å²) >= 11 is 0. The molecule has 0 aromatic heterocycles. The van der Waals surface area contributed by atoms with E-state index < -0.39 is 0 Å². The fourth-order valence-electron chi connectivity index (χ4n) is 3.92. The molecule has 0 saturated carbocycles. The second kappa shape index (κ2) is 18.0. The fourth-order valence-corrected chi connectivity index (χ4v) is 3.92. The maximum atomic E-state index is 10.7. The first-order chi connectivity index (χ1) is 17.6. The molecule has 2 aromatic carbocycles. The monoisotopic (exact) mass is 486 g/mol. The molecule has 0 N–H and O–H groups in total. The van der Waals surface area contributed by atoms with Crippen LogP contribution in [0.3, 0.4) is 0 Å². The second-order valence-corrected chi connectivity index (χ2v) is 9.04. The van der Waals surface area contributed by atoms with Crippen molar-refractivity contribution in [1.29, 1.82) is 0 Å². The molecule has 0 bridgehead atoms. The Kier molecular flexibility index (Phi) is 14.4. The SMILES string of the molecule is CCCCCCN(CCCCCC)c1ccc(/C=C/C=C/C=C/C=C/c2ccc([N+](=O)[O-])cc2)cc1. The molecule has 0 aliphatic carbocycles. The molecule has 4 heteroatoms. The molecule has 192 valence electrons. The Hall–Kier alpha value is -3.40. The Balaban J connectivity index is 1.83. The first-order valence-corrected chi connectivity index (χ1v) is 13.4. The summed E-state index contributed by atoms with van der Waals surface area (Å²) in [6, 6.07) is 15.4. The number of non-ortho nitro benzene ring substituents is 1. The Bertz CT molecular complexity index is 974. The summed E-state index contributed by atoms with van der Waals surface area (Å²) in [5, 5.41) is 10.7. The van der Waals surface area contributed by atoms with Crippen LogP contribution in [-0.4, -0.2) is 18.0 Å². The second-order valence-electron chi connectivity index (χ2n) is 9.04. The van der Waals surface area contributed by atoms with Gasteiger partial charge in [0.15, 0.2) is 0 Å². The number of unbranched alkanes of at least 4 members (excludes halogenated alkanes) is 6. The van der Waals surface area contributed by atoms with Crippen LogP contribution in [-0.2, 0) is 0 Å². The van der Waals surface area contributed by atoms with Crippen LogP contribution in [0.5, 0.6) is 0 Å². The van der Waals surface area contributed by atoms with E-state index in [1.165, 1.54) is 74.8 Å². The zero-order chi connectivity index (χ0) is 25.8. The number of nitro benzene ring substituents is 1. The van der Waals surface area contributed by atoms with Gasteiger partial charge < -0.3 is 4.90 Å². The van der Waals surface area contributed by atoms with Crippen molar-refractivity contribution < 1.29 is 4.92 Å². The maximum absolute atomic E-state index is 10.7. The van der Waals surface area contributed by atoms with Gasteiger partial charge in [0.05, 0.1) is 4.92 Å². The van der Waals surface area contributed by atoms with Crippen LogP contribution in [0.15, 0.2) is 85.0 Å². The van der Waals surface area contributed by atoms with E-state index in [2.05, 4.69) is 49.1 Å². The van der Waals surface area contributed by atoms with E-state index in [1.807, 2.05) is 42.5 Å². The van der Waals surface area contributed by atoms with E-state index in [0.29, 0.717) is 0 Å². The number of allylic oxidation sites excluding steroid dienone is 6. The molecule has 36 heavy (non-hydrogen) atoms. The van der Waals surface area contributed by atoms with Crippen LogP contribution in [0.4, 0.5) is 11.4 Å². The van der Waals surface area contributed by atoms with Crippen LogP contribution < -0.4 is 4.90 Å². The van der Waals surface area contributed by atoms with Crippen LogP contribution in [0.1, 0.15) is 76.3 Å². The molecule has 2 aromatic rings. The first-order valence-electron chi connectivity index (χ1n) is 13.4. The number of anilines is 1. The summed E-state index contributed by atoms with van der Waals surface area (Å²) in [6.07, 6.45) is 26.3. The summed E-state index contributed by atoms with van der Waals surface area (Å²) < 4.78 is 0. The number of nitrogens with zero attached hydrogens (tertiary/aromatic N) is 2. The van der Waals surface area contributed by atoms with Gasteiger partial charge in [-0.15, -0.1) is 0 Å². The largest absolute Gasteiger partial charge is 0.372 e. The van der Waals surface area contributed by atoms with Crippen molar-refractivity contribution in [3.63, 3.8) is 0 Å². The molecule has 0 radical (unpaired) electrons. The topological polar surface area (TPSA) is 46.4 Å². The van der Waals surface area contributed by atoms with Gasteiger partial charge >= 0.3 is 0 Å². The lowest BCUT2D eigenvalue weighted by Crippen LogP contribution is -2.25. The van der Waals surface area contributed by atoms with Crippen molar-refractivity contribution in [3.8, 4) is 0 Å². The number of benzene rings is 2.